The molecule has 194 valence electrons. The van der Waals surface area contributed by atoms with Crippen molar-refractivity contribution in [1.82, 2.24) is 10.2 Å². The van der Waals surface area contributed by atoms with Crippen LogP contribution in [0.5, 0.6) is 0 Å². The number of carbonyl (C=O) groups excluding carboxylic acids is 2. The number of amides is 2. The number of hydrogen-bond acceptors (Lipinski definition) is 3. The zero-order valence-corrected chi connectivity index (χ0v) is 22.3. The Balaban J connectivity index is 1.56. The Morgan fingerprint density at radius 1 is 0.946 bits per heavy atom. The van der Waals surface area contributed by atoms with E-state index in [9.17, 15) is 14.0 Å². The fourth-order valence-corrected chi connectivity index (χ4v) is 5.85. The molecule has 37 heavy (non-hydrogen) atoms. The molecule has 1 fully saturated rings. The Bertz CT molecular complexity index is 1170. The van der Waals surface area contributed by atoms with Crippen LogP contribution in [0.4, 0.5) is 4.39 Å². The minimum atomic E-state index is -0.679. The molecule has 0 spiro atoms. The highest BCUT2D eigenvalue weighted by molar-refractivity contribution is 7.99. The van der Waals surface area contributed by atoms with Gasteiger partial charge in [-0.2, -0.15) is 0 Å². The van der Waals surface area contributed by atoms with Crippen molar-refractivity contribution in [3.63, 3.8) is 0 Å². The van der Waals surface area contributed by atoms with Gasteiger partial charge in [-0.3, -0.25) is 9.59 Å². The van der Waals surface area contributed by atoms with Gasteiger partial charge in [0.05, 0.1) is 5.75 Å². The molecule has 7 heteroatoms. The zero-order chi connectivity index (χ0) is 26.0. The molecule has 1 atom stereocenters. The van der Waals surface area contributed by atoms with Crippen LogP contribution in [-0.4, -0.2) is 34.6 Å². The molecule has 0 heterocycles. The highest BCUT2D eigenvalue weighted by atomic mass is 35.5. The molecule has 1 aliphatic rings. The van der Waals surface area contributed by atoms with Crippen LogP contribution in [0.2, 0.25) is 5.02 Å². The first-order valence-electron chi connectivity index (χ1n) is 12.7. The van der Waals surface area contributed by atoms with Crippen molar-refractivity contribution in [3.8, 4) is 0 Å². The van der Waals surface area contributed by atoms with Gasteiger partial charge in [0, 0.05) is 29.8 Å². The summed E-state index contributed by atoms with van der Waals surface area (Å²) in [7, 11) is 0. The maximum Gasteiger partial charge on any atom is 0.243 e. The molecule has 1 saturated carbocycles. The van der Waals surface area contributed by atoms with Crippen molar-refractivity contribution in [2.24, 2.45) is 0 Å². The van der Waals surface area contributed by atoms with Crippen molar-refractivity contribution in [2.45, 2.75) is 56.5 Å². The monoisotopic (exact) mass is 538 g/mol. The molecule has 3 aromatic rings. The Morgan fingerprint density at radius 3 is 2.32 bits per heavy atom. The van der Waals surface area contributed by atoms with Gasteiger partial charge in [0.25, 0.3) is 0 Å². The zero-order valence-electron chi connectivity index (χ0n) is 20.7. The van der Waals surface area contributed by atoms with Crippen LogP contribution in [0.1, 0.15) is 42.4 Å². The molecule has 0 radical (unpaired) electrons. The van der Waals surface area contributed by atoms with Gasteiger partial charge in [-0.15, -0.1) is 11.8 Å². The Kier molecular flexibility index (Phi) is 10.0. The minimum absolute atomic E-state index is 0.135. The summed E-state index contributed by atoms with van der Waals surface area (Å²) in [5.41, 5.74) is 2.72. The van der Waals surface area contributed by atoms with E-state index in [0.29, 0.717) is 17.2 Å². The first kappa shape index (κ1) is 27.2. The average Bonchev–Trinajstić information content (AvgIpc) is 3.42. The van der Waals surface area contributed by atoms with Crippen molar-refractivity contribution < 1.29 is 14.0 Å². The van der Waals surface area contributed by atoms with E-state index in [2.05, 4.69) is 5.32 Å². The summed E-state index contributed by atoms with van der Waals surface area (Å²) >= 11 is 7.76. The number of thioether (sulfide) groups is 1. The van der Waals surface area contributed by atoms with Crippen LogP contribution >= 0.6 is 23.4 Å². The predicted octanol–water partition coefficient (Wildman–Crippen LogP) is 6.41. The third-order valence-corrected chi connectivity index (χ3v) is 8.01. The predicted molar refractivity (Wildman–Crippen MR) is 149 cm³/mol. The van der Waals surface area contributed by atoms with Crippen LogP contribution < -0.4 is 5.32 Å². The van der Waals surface area contributed by atoms with E-state index in [0.717, 1.165) is 42.4 Å². The summed E-state index contributed by atoms with van der Waals surface area (Å²) in [6.45, 7) is 0.224. The molecular formula is C30H32ClFN2O2S. The molecule has 0 aliphatic heterocycles. The first-order chi connectivity index (χ1) is 18.0. The van der Waals surface area contributed by atoms with Gasteiger partial charge in [0.1, 0.15) is 11.9 Å². The second-order valence-corrected chi connectivity index (χ2v) is 10.8. The van der Waals surface area contributed by atoms with E-state index in [1.54, 1.807) is 17.0 Å². The van der Waals surface area contributed by atoms with Gasteiger partial charge in [0.2, 0.25) is 11.8 Å². The van der Waals surface area contributed by atoms with Crippen molar-refractivity contribution in [1.29, 1.82) is 0 Å². The largest absolute Gasteiger partial charge is 0.352 e. The standard InChI is InChI=1S/C30H32ClFN2O2S/c31-27-13-7-4-10-24(27)20-37-21-29(35)34(19-23-14-16-25(32)17-15-23)28(18-22-8-2-1-3-9-22)30(36)33-26-11-5-6-12-26/h1-4,7-10,13-17,26,28H,5-6,11-12,18-21H2,(H,33,36)/t28-/m1/s1. The van der Waals surface area contributed by atoms with Crippen molar-refractivity contribution >= 4 is 35.2 Å². The minimum Gasteiger partial charge on any atom is -0.352 e. The number of nitrogens with one attached hydrogen (secondary N) is 1. The molecule has 1 N–H and O–H groups in total. The van der Waals surface area contributed by atoms with Crippen LogP contribution in [0, 0.1) is 5.82 Å². The molecule has 0 aromatic heterocycles. The Morgan fingerprint density at radius 2 is 1.62 bits per heavy atom. The Hall–Kier alpha value is -2.83. The molecule has 0 bridgehead atoms. The third kappa shape index (κ3) is 8.08. The lowest BCUT2D eigenvalue weighted by atomic mass is 10.0. The molecule has 2 amide bonds. The summed E-state index contributed by atoms with van der Waals surface area (Å²) in [4.78, 5) is 29.0. The smallest absolute Gasteiger partial charge is 0.243 e. The SMILES string of the molecule is O=C(NC1CCCC1)[C@@H](Cc1ccccc1)N(Cc1ccc(F)cc1)C(=O)CSCc1ccccc1Cl. The number of hydrogen-bond donors (Lipinski definition) is 1. The molecule has 1 aliphatic carbocycles. The van der Waals surface area contributed by atoms with Gasteiger partial charge in [-0.1, -0.05) is 85.1 Å². The quantitative estimate of drug-likeness (QED) is 0.307. The molecular weight excluding hydrogens is 507 g/mol. The molecule has 3 aromatic carbocycles. The van der Waals surface area contributed by atoms with E-state index in [1.807, 2.05) is 54.6 Å². The lowest BCUT2D eigenvalue weighted by molar-refractivity contribution is -0.139. The molecule has 0 unspecified atom stereocenters. The van der Waals surface area contributed by atoms with E-state index < -0.39 is 6.04 Å². The van der Waals surface area contributed by atoms with Gasteiger partial charge < -0.3 is 10.2 Å². The molecule has 4 nitrogen and oxygen atoms in total. The van der Waals surface area contributed by atoms with Gasteiger partial charge >= 0.3 is 0 Å². The summed E-state index contributed by atoms with van der Waals surface area (Å²) in [6, 6.07) is 22.9. The van der Waals surface area contributed by atoms with Crippen LogP contribution in [0.3, 0.4) is 0 Å². The second kappa shape index (κ2) is 13.6. The summed E-state index contributed by atoms with van der Waals surface area (Å²) < 4.78 is 13.6. The van der Waals surface area contributed by atoms with E-state index in [4.69, 9.17) is 11.6 Å². The fraction of sp³-hybridized carbons (Fsp3) is 0.333. The van der Waals surface area contributed by atoms with E-state index in [-0.39, 0.29) is 36.0 Å². The second-order valence-electron chi connectivity index (χ2n) is 9.43. The lowest BCUT2D eigenvalue weighted by Crippen LogP contribution is -2.52. The maximum atomic E-state index is 13.7. The van der Waals surface area contributed by atoms with Crippen LogP contribution in [0.15, 0.2) is 78.9 Å². The van der Waals surface area contributed by atoms with Gasteiger partial charge in [-0.25, -0.2) is 4.39 Å². The molecule has 4 rings (SSSR count). The third-order valence-electron chi connectivity index (χ3n) is 6.68. The number of nitrogens with zero attached hydrogens (tertiary/aromatic N) is 1. The normalized spacial score (nSPS) is 14.3. The fourth-order valence-electron chi connectivity index (χ4n) is 4.65. The highest BCUT2D eigenvalue weighted by Crippen LogP contribution is 2.23. The summed E-state index contributed by atoms with van der Waals surface area (Å²) in [5.74, 6) is 0.185. The van der Waals surface area contributed by atoms with Crippen LogP contribution in [-0.2, 0) is 28.3 Å². The van der Waals surface area contributed by atoms with Crippen molar-refractivity contribution in [3.05, 3.63) is 106 Å². The van der Waals surface area contributed by atoms with Crippen molar-refractivity contribution in [2.75, 3.05) is 5.75 Å². The van der Waals surface area contributed by atoms with Gasteiger partial charge in [0.15, 0.2) is 0 Å². The average molecular weight is 539 g/mol. The topological polar surface area (TPSA) is 49.4 Å². The highest BCUT2D eigenvalue weighted by Gasteiger charge is 2.32. The van der Waals surface area contributed by atoms with Crippen LogP contribution in [0.25, 0.3) is 0 Å². The number of rotatable bonds is 11. The molecule has 0 saturated heterocycles. The van der Waals surface area contributed by atoms with E-state index >= 15 is 0 Å². The first-order valence-corrected chi connectivity index (χ1v) is 14.2. The number of carbonyl (C=O) groups is 2. The Labute approximate surface area is 227 Å². The number of halogens is 2. The summed E-state index contributed by atoms with van der Waals surface area (Å²) in [5, 5.41) is 3.87. The van der Waals surface area contributed by atoms with Gasteiger partial charge in [-0.05, 0) is 47.7 Å². The maximum absolute atomic E-state index is 13.7. The van der Waals surface area contributed by atoms with E-state index in [1.165, 1.54) is 23.9 Å². The summed E-state index contributed by atoms with van der Waals surface area (Å²) in [6.07, 6.45) is 4.53. The number of benzene rings is 3. The lowest BCUT2D eigenvalue weighted by Gasteiger charge is -2.32.